The summed E-state index contributed by atoms with van der Waals surface area (Å²) >= 11 is 1.60. The molecule has 0 spiro atoms. The van der Waals surface area contributed by atoms with Gasteiger partial charge < -0.3 is 16.0 Å². The average molecular weight is 265 g/mol. The number of aryl methyl sites for hydroxylation is 1. The Balaban J connectivity index is 2.12. The van der Waals surface area contributed by atoms with Crippen LogP contribution in [0.25, 0.3) is 0 Å². The predicted octanol–water partition coefficient (Wildman–Crippen LogP) is 0.897. The normalized spacial score (nSPS) is 10.4. The van der Waals surface area contributed by atoms with E-state index in [1.54, 1.807) is 16.2 Å². The van der Waals surface area contributed by atoms with Crippen molar-refractivity contribution in [3.05, 3.63) is 16.1 Å². The molecule has 8 heteroatoms. The highest BCUT2D eigenvalue weighted by Crippen LogP contribution is 2.15. The Morgan fingerprint density at radius 3 is 2.72 bits per heavy atom. The Morgan fingerprint density at radius 1 is 1.33 bits per heavy atom. The highest BCUT2D eigenvalue weighted by atomic mass is 32.1. The van der Waals surface area contributed by atoms with Crippen molar-refractivity contribution in [3.63, 3.8) is 0 Å². The molecule has 2 heterocycles. The predicted molar refractivity (Wildman–Crippen MR) is 72.7 cm³/mol. The van der Waals surface area contributed by atoms with E-state index in [-0.39, 0.29) is 5.95 Å². The molecular weight excluding hydrogens is 250 g/mol. The molecule has 0 radical (unpaired) electrons. The van der Waals surface area contributed by atoms with E-state index in [1.807, 2.05) is 26.5 Å². The Morgan fingerprint density at radius 2 is 2.11 bits per heavy atom. The van der Waals surface area contributed by atoms with E-state index in [0.29, 0.717) is 18.4 Å². The van der Waals surface area contributed by atoms with E-state index in [1.165, 1.54) is 0 Å². The molecule has 0 aliphatic carbocycles. The number of thiazole rings is 1. The van der Waals surface area contributed by atoms with Crippen molar-refractivity contribution in [2.45, 2.75) is 13.5 Å². The third kappa shape index (κ3) is 2.83. The second kappa shape index (κ2) is 5.13. The van der Waals surface area contributed by atoms with Gasteiger partial charge in [-0.3, -0.25) is 0 Å². The molecule has 2 aromatic heterocycles. The van der Waals surface area contributed by atoms with Gasteiger partial charge >= 0.3 is 0 Å². The molecule has 0 aliphatic rings. The average Bonchev–Trinajstić information content (AvgIpc) is 2.71. The van der Waals surface area contributed by atoms with Crippen LogP contribution in [0.3, 0.4) is 0 Å². The summed E-state index contributed by atoms with van der Waals surface area (Å²) in [6, 6.07) is 0. The van der Waals surface area contributed by atoms with Crippen molar-refractivity contribution < 1.29 is 0 Å². The molecule has 0 aliphatic heterocycles. The fourth-order valence-electron chi connectivity index (χ4n) is 1.31. The number of hydrogen-bond acceptors (Lipinski definition) is 8. The van der Waals surface area contributed by atoms with Crippen LogP contribution in [0, 0.1) is 6.92 Å². The van der Waals surface area contributed by atoms with Crippen LogP contribution in [-0.4, -0.2) is 34.0 Å². The number of nitrogen functional groups attached to an aromatic ring is 1. The molecule has 7 nitrogen and oxygen atoms in total. The van der Waals surface area contributed by atoms with Crippen molar-refractivity contribution in [2.24, 2.45) is 0 Å². The SMILES string of the molecule is Cc1ncsc1CNc1nc(N)nc(N(C)C)n1. The summed E-state index contributed by atoms with van der Waals surface area (Å²) in [7, 11) is 3.71. The van der Waals surface area contributed by atoms with Gasteiger partial charge in [0.05, 0.1) is 17.7 Å². The second-order valence-electron chi connectivity index (χ2n) is 3.93. The van der Waals surface area contributed by atoms with E-state index < -0.39 is 0 Å². The zero-order chi connectivity index (χ0) is 13.1. The molecule has 0 saturated heterocycles. The van der Waals surface area contributed by atoms with Crippen molar-refractivity contribution in [1.82, 2.24) is 19.9 Å². The quantitative estimate of drug-likeness (QED) is 0.848. The first-order chi connectivity index (χ1) is 8.56. The smallest absolute Gasteiger partial charge is 0.231 e. The Bertz CT molecular complexity index is 537. The van der Waals surface area contributed by atoms with Crippen LogP contribution in [0.1, 0.15) is 10.6 Å². The highest BCUT2D eigenvalue weighted by molar-refractivity contribution is 7.09. The van der Waals surface area contributed by atoms with Crippen molar-refractivity contribution in [3.8, 4) is 0 Å². The molecule has 0 amide bonds. The second-order valence-corrected chi connectivity index (χ2v) is 4.87. The van der Waals surface area contributed by atoms with Crippen LogP contribution in [-0.2, 0) is 6.54 Å². The fourth-order valence-corrected chi connectivity index (χ4v) is 2.03. The Hall–Kier alpha value is -1.96. The largest absolute Gasteiger partial charge is 0.368 e. The van der Waals surface area contributed by atoms with E-state index in [0.717, 1.165) is 10.6 Å². The number of nitrogens with zero attached hydrogens (tertiary/aromatic N) is 5. The van der Waals surface area contributed by atoms with Gasteiger partial charge in [-0.1, -0.05) is 0 Å². The number of aromatic nitrogens is 4. The lowest BCUT2D eigenvalue weighted by molar-refractivity contribution is 0.951. The summed E-state index contributed by atoms with van der Waals surface area (Å²) in [6.07, 6.45) is 0. The van der Waals surface area contributed by atoms with Crippen LogP contribution in [0.15, 0.2) is 5.51 Å². The summed E-state index contributed by atoms with van der Waals surface area (Å²) in [5.74, 6) is 1.21. The molecular formula is C10H15N7S. The first-order valence-corrected chi connectivity index (χ1v) is 6.26. The summed E-state index contributed by atoms with van der Waals surface area (Å²) in [5.41, 5.74) is 8.47. The van der Waals surface area contributed by atoms with Gasteiger partial charge in [-0.05, 0) is 6.92 Å². The summed E-state index contributed by atoms with van der Waals surface area (Å²) < 4.78 is 0. The van der Waals surface area contributed by atoms with E-state index in [9.17, 15) is 0 Å². The first kappa shape index (κ1) is 12.5. The molecule has 0 fully saturated rings. The van der Waals surface area contributed by atoms with Crippen LogP contribution < -0.4 is 16.0 Å². The number of nitrogens with two attached hydrogens (primary N) is 1. The summed E-state index contributed by atoms with van der Waals surface area (Å²) in [5, 5.41) is 3.13. The molecule has 0 unspecified atom stereocenters. The van der Waals surface area contributed by atoms with Gasteiger partial charge in [0.2, 0.25) is 17.8 Å². The van der Waals surface area contributed by atoms with Crippen LogP contribution >= 0.6 is 11.3 Å². The van der Waals surface area contributed by atoms with Gasteiger partial charge in [0.15, 0.2) is 0 Å². The van der Waals surface area contributed by atoms with Crippen molar-refractivity contribution in [2.75, 3.05) is 30.0 Å². The van der Waals surface area contributed by atoms with Crippen LogP contribution in [0.5, 0.6) is 0 Å². The maximum atomic E-state index is 5.64. The fraction of sp³-hybridized carbons (Fsp3) is 0.400. The minimum atomic E-state index is 0.206. The van der Waals surface area contributed by atoms with Gasteiger partial charge in [0.25, 0.3) is 0 Å². The van der Waals surface area contributed by atoms with E-state index >= 15 is 0 Å². The molecule has 0 bridgehead atoms. The van der Waals surface area contributed by atoms with Gasteiger partial charge in [-0.25, -0.2) is 4.98 Å². The zero-order valence-corrected chi connectivity index (χ0v) is 11.3. The van der Waals surface area contributed by atoms with Crippen LogP contribution in [0.4, 0.5) is 17.8 Å². The molecule has 0 saturated carbocycles. The van der Waals surface area contributed by atoms with Crippen LogP contribution in [0.2, 0.25) is 0 Å². The summed E-state index contributed by atoms with van der Waals surface area (Å²) in [6.45, 7) is 2.60. The van der Waals surface area contributed by atoms with E-state index in [2.05, 4.69) is 25.3 Å². The maximum absolute atomic E-state index is 5.64. The topological polar surface area (TPSA) is 92.8 Å². The standard InChI is InChI=1S/C10H15N7S/c1-6-7(18-5-13-6)4-12-9-14-8(11)15-10(16-9)17(2)3/h5H,4H2,1-3H3,(H3,11,12,14,15,16). The van der Waals surface area contributed by atoms with Gasteiger partial charge in [0, 0.05) is 19.0 Å². The zero-order valence-electron chi connectivity index (χ0n) is 10.5. The first-order valence-electron chi connectivity index (χ1n) is 5.38. The molecule has 96 valence electrons. The monoisotopic (exact) mass is 265 g/mol. The summed E-state index contributed by atoms with van der Waals surface area (Å²) in [4.78, 5) is 19.5. The maximum Gasteiger partial charge on any atom is 0.231 e. The third-order valence-electron chi connectivity index (χ3n) is 2.29. The number of anilines is 3. The number of hydrogen-bond donors (Lipinski definition) is 2. The highest BCUT2D eigenvalue weighted by Gasteiger charge is 2.07. The van der Waals surface area contributed by atoms with Gasteiger partial charge in [0.1, 0.15) is 0 Å². The Labute approximate surface area is 109 Å². The molecule has 18 heavy (non-hydrogen) atoms. The van der Waals surface area contributed by atoms with Crippen molar-refractivity contribution in [1.29, 1.82) is 0 Å². The lowest BCUT2D eigenvalue weighted by Gasteiger charge is -2.11. The Kier molecular flexibility index (Phi) is 3.56. The number of rotatable bonds is 4. The number of nitrogens with one attached hydrogen (secondary N) is 1. The molecule has 2 aromatic rings. The molecule has 0 aromatic carbocycles. The van der Waals surface area contributed by atoms with Gasteiger partial charge in [-0.15, -0.1) is 11.3 Å². The van der Waals surface area contributed by atoms with Gasteiger partial charge in [-0.2, -0.15) is 15.0 Å². The van der Waals surface area contributed by atoms with Crippen molar-refractivity contribution >= 4 is 29.2 Å². The minimum absolute atomic E-state index is 0.206. The lowest BCUT2D eigenvalue weighted by atomic mass is 10.4. The lowest BCUT2D eigenvalue weighted by Crippen LogP contribution is -2.16. The minimum Gasteiger partial charge on any atom is -0.368 e. The molecule has 3 N–H and O–H groups in total. The molecule has 0 atom stereocenters. The van der Waals surface area contributed by atoms with E-state index in [4.69, 9.17) is 5.73 Å². The molecule has 2 rings (SSSR count). The third-order valence-corrected chi connectivity index (χ3v) is 3.23.